The summed E-state index contributed by atoms with van der Waals surface area (Å²) in [6.07, 6.45) is 1.32. The number of hydrogen-bond donors (Lipinski definition) is 0. The largest absolute Gasteiger partial charge is 0.493 e. The lowest BCUT2D eigenvalue weighted by Crippen LogP contribution is -2.24. The van der Waals surface area contributed by atoms with Crippen LogP contribution in [0.15, 0.2) is 30.9 Å². The summed E-state index contributed by atoms with van der Waals surface area (Å²) in [7, 11) is 1.75. The van der Waals surface area contributed by atoms with Crippen molar-refractivity contribution in [3.63, 3.8) is 0 Å². The third kappa shape index (κ3) is 3.34. The molecule has 1 aromatic rings. The summed E-state index contributed by atoms with van der Waals surface area (Å²) in [6.45, 7) is 8.59. The Labute approximate surface area is 103 Å². The van der Waals surface area contributed by atoms with Crippen LogP contribution in [-0.4, -0.2) is 24.5 Å². The van der Waals surface area contributed by atoms with Gasteiger partial charge in [-0.1, -0.05) is 24.8 Å². The Kier molecular flexibility index (Phi) is 4.76. The lowest BCUT2D eigenvalue weighted by molar-refractivity contribution is -0.125. The highest BCUT2D eigenvalue weighted by Crippen LogP contribution is 2.24. The van der Waals surface area contributed by atoms with Gasteiger partial charge >= 0.3 is 0 Å². The summed E-state index contributed by atoms with van der Waals surface area (Å²) < 4.78 is 5.62. The van der Waals surface area contributed by atoms with Gasteiger partial charge in [0.25, 0.3) is 0 Å². The van der Waals surface area contributed by atoms with Crippen molar-refractivity contribution in [2.75, 3.05) is 13.7 Å². The SMILES string of the molecule is C=CC(=O)N(C)Cc1cccc(C)c1OCC. The summed E-state index contributed by atoms with van der Waals surface area (Å²) in [5.74, 6) is 0.785. The molecule has 1 rings (SSSR count). The topological polar surface area (TPSA) is 29.5 Å². The molecule has 0 radical (unpaired) electrons. The van der Waals surface area contributed by atoms with E-state index in [1.807, 2.05) is 32.0 Å². The monoisotopic (exact) mass is 233 g/mol. The minimum atomic E-state index is -0.0889. The van der Waals surface area contributed by atoms with Crippen molar-refractivity contribution in [2.24, 2.45) is 0 Å². The van der Waals surface area contributed by atoms with Crippen LogP contribution in [0.25, 0.3) is 0 Å². The first-order valence-electron chi connectivity index (χ1n) is 5.69. The lowest BCUT2D eigenvalue weighted by Gasteiger charge is -2.18. The van der Waals surface area contributed by atoms with Gasteiger partial charge in [-0.2, -0.15) is 0 Å². The van der Waals surface area contributed by atoms with E-state index < -0.39 is 0 Å². The van der Waals surface area contributed by atoms with Crippen LogP contribution in [0.1, 0.15) is 18.1 Å². The molecule has 0 saturated carbocycles. The van der Waals surface area contributed by atoms with Crippen molar-refractivity contribution < 1.29 is 9.53 Å². The lowest BCUT2D eigenvalue weighted by atomic mass is 10.1. The van der Waals surface area contributed by atoms with Gasteiger partial charge < -0.3 is 9.64 Å². The Balaban J connectivity index is 2.93. The summed E-state index contributed by atoms with van der Waals surface area (Å²) >= 11 is 0. The second-order valence-corrected chi connectivity index (χ2v) is 3.89. The van der Waals surface area contributed by atoms with Gasteiger partial charge in [0.2, 0.25) is 5.91 Å². The van der Waals surface area contributed by atoms with Crippen LogP contribution in [0.2, 0.25) is 0 Å². The molecule has 0 saturated heterocycles. The first-order valence-corrected chi connectivity index (χ1v) is 5.69. The first-order chi connectivity index (χ1) is 8.10. The van der Waals surface area contributed by atoms with Gasteiger partial charge in [0.15, 0.2) is 0 Å². The highest BCUT2D eigenvalue weighted by Gasteiger charge is 2.11. The molecule has 0 aliphatic heterocycles. The van der Waals surface area contributed by atoms with E-state index in [9.17, 15) is 4.79 Å². The Morgan fingerprint density at radius 1 is 1.53 bits per heavy atom. The Bertz CT molecular complexity index is 413. The maximum atomic E-state index is 11.4. The van der Waals surface area contributed by atoms with E-state index in [1.54, 1.807) is 11.9 Å². The molecule has 0 unspecified atom stereocenters. The van der Waals surface area contributed by atoms with Gasteiger partial charge in [0.05, 0.1) is 6.61 Å². The number of ether oxygens (including phenoxy) is 1. The fraction of sp³-hybridized carbons (Fsp3) is 0.357. The summed E-state index contributed by atoms with van der Waals surface area (Å²) in [5, 5.41) is 0. The Morgan fingerprint density at radius 3 is 2.82 bits per heavy atom. The molecular formula is C14H19NO2. The molecule has 0 heterocycles. The zero-order chi connectivity index (χ0) is 12.8. The van der Waals surface area contributed by atoms with Crippen molar-refractivity contribution in [1.29, 1.82) is 0 Å². The predicted molar refractivity (Wildman–Crippen MR) is 69.0 cm³/mol. The molecule has 0 aliphatic carbocycles. The second kappa shape index (κ2) is 6.09. The zero-order valence-electron chi connectivity index (χ0n) is 10.7. The molecule has 0 atom stereocenters. The van der Waals surface area contributed by atoms with Gasteiger partial charge in [0.1, 0.15) is 5.75 Å². The normalized spacial score (nSPS) is 9.82. The van der Waals surface area contributed by atoms with E-state index in [1.165, 1.54) is 6.08 Å². The third-order valence-electron chi connectivity index (χ3n) is 2.54. The highest BCUT2D eigenvalue weighted by atomic mass is 16.5. The van der Waals surface area contributed by atoms with Crippen molar-refractivity contribution >= 4 is 5.91 Å². The van der Waals surface area contributed by atoms with E-state index in [0.717, 1.165) is 16.9 Å². The molecule has 0 aliphatic rings. The number of hydrogen-bond acceptors (Lipinski definition) is 2. The number of amides is 1. The number of rotatable bonds is 5. The number of benzene rings is 1. The average molecular weight is 233 g/mol. The summed E-state index contributed by atoms with van der Waals surface area (Å²) in [4.78, 5) is 13.1. The van der Waals surface area contributed by atoms with Gasteiger partial charge in [-0.15, -0.1) is 0 Å². The third-order valence-corrected chi connectivity index (χ3v) is 2.54. The second-order valence-electron chi connectivity index (χ2n) is 3.89. The van der Waals surface area contributed by atoms with Crippen LogP contribution in [0, 0.1) is 6.92 Å². The molecule has 0 fully saturated rings. The van der Waals surface area contributed by atoms with E-state index in [-0.39, 0.29) is 5.91 Å². The minimum Gasteiger partial charge on any atom is -0.493 e. The number of carbonyl (C=O) groups excluding carboxylic acids is 1. The number of likely N-dealkylation sites (N-methyl/N-ethyl adjacent to an activating group) is 1. The van der Waals surface area contributed by atoms with Gasteiger partial charge in [0, 0.05) is 19.2 Å². The molecule has 17 heavy (non-hydrogen) atoms. The quantitative estimate of drug-likeness (QED) is 0.731. The van der Waals surface area contributed by atoms with Crippen LogP contribution >= 0.6 is 0 Å². The molecule has 0 bridgehead atoms. The molecule has 0 N–H and O–H groups in total. The van der Waals surface area contributed by atoms with Crippen molar-refractivity contribution in [1.82, 2.24) is 4.90 Å². The zero-order valence-corrected chi connectivity index (χ0v) is 10.7. The van der Waals surface area contributed by atoms with Gasteiger partial charge in [-0.05, 0) is 25.5 Å². The molecule has 1 amide bonds. The van der Waals surface area contributed by atoms with Crippen LogP contribution in [-0.2, 0) is 11.3 Å². The van der Waals surface area contributed by atoms with Gasteiger partial charge in [-0.25, -0.2) is 0 Å². The smallest absolute Gasteiger partial charge is 0.245 e. The standard InChI is InChI=1S/C14H19NO2/c1-5-13(16)15(4)10-12-9-7-8-11(3)14(12)17-6-2/h5,7-9H,1,6,10H2,2-4H3. The van der Waals surface area contributed by atoms with Crippen LogP contribution < -0.4 is 4.74 Å². The van der Waals surface area contributed by atoms with Crippen LogP contribution in [0.5, 0.6) is 5.75 Å². The summed E-state index contributed by atoms with van der Waals surface area (Å²) in [5.41, 5.74) is 2.10. The van der Waals surface area contributed by atoms with Gasteiger partial charge in [-0.3, -0.25) is 4.79 Å². The molecular weight excluding hydrogens is 214 g/mol. The minimum absolute atomic E-state index is 0.0889. The number of carbonyl (C=O) groups is 1. The molecule has 0 aromatic heterocycles. The first kappa shape index (κ1) is 13.3. The number of nitrogens with zero attached hydrogens (tertiary/aromatic N) is 1. The van der Waals surface area contributed by atoms with E-state index in [0.29, 0.717) is 13.2 Å². The van der Waals surface area contributed by atoms with E-state index in [2.05, 4.69) is 6.58 Å². The van der Waals surface area contributed by atoms with Crippen molar-refractivity contribution in [3.8, 4) is 5.75 Å². The van der Waals surface area contributed by atoms with Crippen LogP contribution in [0.4, 0.5) is 0 Å². The molecule has 1 aromatic carbocycles. The predicted octanol–water partition coefficient (Wildman–Crippen LogP) is 2.54. The van der Waals surface area contributed by atoms with E-state index >= 15 is 0 Å². The Morgan fingerprint density at radius 2 is 2.24 bits per heavy atom. The summed E-state index contributed by atoms with van der Waals surface area (Å²) in [6, 6.07) is 5.95. The molecule has 0 spiro atoms. The van der Waals surface area contributed by atoms with Crippen LogP contribution in [0.3, 0.4) is 0 Å². The van der Waals surface area contributed by atoms with Crippen molar-refractivity contribution in [2.45, 2.75) is 20.4 Å². The Hall–Kier alpha value is -1.77. The maximum Gasteiger partial charge on any atom is 0.245 e. The number of aryl methyl sites for hydroxylation is 1. The fourth-order valence-corrected chi connectivity index (χ4v) is 1.68. The number of para-hydroxylation sites is 1. The maximum absolute atomic E-state index is 11.4. The average Bonchev–Trinajstić information content (AvgIpc) is 2.32. The molecule has 3 nitrogen and oxygen atoms in total. The fourth-order valence-electron chi connectivity index (χ4n) is 1.68. The highest BCUT2D eigenvalue weighted by molar-refractivity contribution is 5.86. The molecule has 92 valence electrons. The molecule has 3 heteroatoms. The van der Waals surface area contributed by atoms with E-state index in [4.69, 9.17) is 4.74 Å². The van der Waals surface area contributed by atoms with Crippen molar-refractivity contribution in [3.05, 3.63) is 42.0 Å².